The van der Waals surface area contributed by atoms with Crippen LogP contribution in [0.4, 0.5) is 8.78 Å². The highest BCUT2D eigenvalue weighted by molar-refractivity contribution is 5.84. The zero-order valence-electron chi connectivity index (χ0n) is 8.93. The van der Waals surface area contributed by atoms with Crippen LogP contribution in [0.5, 0.6) is 0 Å². The Labute approximate surface area is 92.2 Å². The number of halogens is 2. The molecule has 0 atom stereocenters. The number of ether oxygens (including phenoxy) is 1. The standard InChI is InChI=1S/C12H12F2O2/c1-16-11(15)12(5-2-6-12)9-7-8(13)3-4-10(9)14/h3-4,7H,2,5-6H2,1H3. The molecular formula is C12H12F2O2. The lowest BCUT2D eigenvalue weighted by molar-refractivity contribution is -0.151. The van der Waals surface area contributed by atoms with E-state index in [1.807, 2.05) is 0 Å². The van der Waals surface area contributed by atoms with Crippen LogP contribution in [0.25, 0.3) is 0 Å². The summed E-state index contributed by atoms with van der Waals surface area (Å²) in [6.07, 6.45) is 1.85. The number of hydrogen-bond donors (Lipinski definition) is 0. The molecule has 2 rings (SSSR count). The maximum Gasteiger partial charge on any atom is 0.316 e. The lowest BCUT2D eigenvalue weighted by Crippen LogP contribution is -2.44. The van der Waals surface area contributed by atoms with Crippen molar-refractivity contribution in [3.8, 4) is 0 Å². The summed E-state index contributed by atoms with van der Waals surface area (Å²) in [7, 11) is 1.26. The van der Waals surface area contributed by atoms with Gasteiger partial charge in [-0.15, -0.1) is 0 Å². The van der Waals surface area contributed by atoms with Gasteiger partial charge >= 0.3 is 5.97 Å². The summed E-state index contributed by atoms with van der Waals surface area (Å²) in [5.41, 5.74) is -0.855. The van der Waals surface area contributed by atoms with E-state index in [-0.39, 0.29) is 5.56 Å². The Morgan fingerprint density at radius 3 is 2.56 bits per heavy atom. The monoisotopic (exact) mass is 226 g/mol. The second-order valence-electron chi connectivity index (χ2n) is 4.05. The van der Waals surface area contributed by atoms with Gasteiger partial charge in [0.2, 0.25) is 0 Å². The van der Waals surface area contributed by atoms with Crippen LogP contribution in [0.3, 0.4) is 0 Å². The van der Waals surface area contributed by atoms with Crippen molar-refractivity contribution in [1.82, 2.24) is 0 Å². The van der Waals surface area contributed by atoms with Crippen LogP contribution in [0.1, 0.15) is 24.8 Å². The molecule has 0 amide bonds. The highest BCUT2D eigenvalue weighted by Crippen LogP contribution is 2.45. The minimum Gasteiger partial charge on any atom is -0.468 e. The molecule has 0 aliphatic heterocycles. The molecule has 1 aliphatic rings. The van der Waals surface area contributed by atoms with Crippen LogP contribution in [0.15, 0.2) is 18.2 Å². The quantitative estimate of drug-likeness (QED) is 0.724. The van der Waals surface area contributed by atoms with Crippen molar-refractivity contribution in [3.05, 3.63) is 35.4 Å². The molecule has 0 heterocycles. The fourth-order valence-corrected chi connectivity index (χ4v) is 2.17. The fourth-order valence-electron chi connectivity index (χ4n) is 2.17. The molecule has 0 unspecified atom stereocenters. The summed E-state index contributed by atoms with van der Waals surface area (Å²) in [6, 6.07) is 3.18. The summed E-state index contributed by atoms with van der Waals surface area (Å²) >= 11 is 0. The highest BCUT2D eigenvalue weighted by Gasteiger charge is 2.48. The van der Waals surface area contributed by atoms with Crippen molar-refractivity contribution in [2.75, 3.05) is 7.11 Å². The lowest BCUT2D eigenvalue weighted by atomic mass is 9.64. The Morgan fingerprint density at radius 1 is 1.38 bits per heavy atom. The van der Waals surface area contributed by atoms with Crippen LogP contribution in [0.2, 0.25) is 0 Å². The summed E-state index contributed by atoms with van der Waals surface area (Å²) < 4.78 is 31.4. The van der Waals surface area contributed by atoms with Crippen LogP contribution in [-0.4, -0.2) is 13.1 Å². The van der Waals surface area contributed by atoms with Gasteiger partial charge in [0.25, 0.3) is 0 Å². The fraction of sp³-hybridized carbons (Fsp3) is 0.417. The van der Waals surface area contributed by atoms with E-state index in [0.717, 1.165) is 24.6 Å². The molecular weight excluding hydrogens is 214 g/mol. The van der Waals surface area contributed by atoms with Crippen molar-refractivity contribution >= 4 is 5.97 Å². The maximum atomic E-state index is 13.6. The number of rotatable bonds is 2. The third-order valence-electron chi connectivity index (χ3n) is 3.23. The molecule has 0 aromatic heterocycles. The molecule has 1 aliphatic carbocycles. The number of methoxy groups -OCH3 is 1. The summed E-state index contributed by atoms with van der Waals surface area (Å²) in [4.78, 5) is 11.7. The molecule has 0 bridgehead atoms. The first-order chi connectivity index (χ1) is 7.60. The second-order valence-corrected chi connectivity index (χ2v) is 4.05. The van der Waals surface area contributed by atoms with Gasteiger partial charge in [0, 0.05) is 5.56 Å². The van der Waals surface area contributed by atoms with E-state index in [1.54, 1.807) is 0 Å². The average Bonchev–Trinajstić information content (AvgIpc) is 2.21. The van der Waals surface area contributed by atoms with Crippen molar-refractivity contribution in [2.24, 2.45) is 0 Å². The first-order valence-corrected chi connectivity index (χ1v) is 5.14. The Balaban J connectivity index is 2.48. The zero-order chi connectivity index (χ0) is 11.8. The molecule has 16 heavy (non-hydrogen) atoms. The van der Waals surface area contributed by atoms with E-state index in [4.69, 9.17) is 0 Å². The van der Waals surface area contributed by atoms with Crippen LogP contribution >= 0.6 is 0 Å². The molecule has 0 radical (unpaired) electrons. The van der Waals surface area contributed by atoms with Gasteiger partial charge in [-0.25, -0.2) is 8.78 Å². The smallest absolute Gasteiger partial charge is 0.316 e. The number of hydrogen-bond acceptors (Lipinski definition) is 2. The second kappa shape index (κ2) is 3.85. The van der Waals surface area contributed by atoms with Gasteiger partial charge in [0.15, 0.2) is 0 Å². The molecule has 1 saturated carbocycles. The van der Waals surface area contributed by atoms with Crippen LogP contribution in [0, 0.1) is 11.6 Å². The molecule has 1 fully saturated rings. The van der Waals surface area contributed by atoms with Crippen LogP contribution in [-0.2, 0) is 14.9 Å². The molecule has 0 N–H and O–H groups in total. The predicted octanol–water partition coefficient (Wildman–Crippen LogP) is 2.56. The summed E-state index contributed by atoms with van der Waals surface area (Å²) in [5, 5.41) is 0. The van der Waals surface area contributed by atoms with E-state index >= 15 is 0 Å². The van der Waals surface area contributed by atoms with E-state index < -0.39 is 23.0 Å². The number of carbonyl (C=O) groups excluding carboxylic acids is 1. The molecule has 86 valence electrons. The van der Waals surface area contributed by atoms with E-state index in [0.29, 0.717) is 12.8 Å². The zero-order valence-corrected chi connectivity index (χ0v) is 8.93. The normalized spacial score (nSPS) is 17.7. The molecule has 4 heteroatoms. The Bertz CT molecular complexity index is 425. The lowest BCUT2D eigenvalue weighted by Gasteiger charge is -2.39. The number of esters is 1. The molecule has 0 spiro atoms. The first-order valence-electron chi connectivity index (χ1n) is 5.14. The average molecular weight is 226 g/mol. The van der Waals surface area contributed by atoms with E-state index in [2.05, 4.69) is 4.74 Å². The van der Waals surface area contributed by atoms with Crippen molar-refractivity contribution in [3.63, 3.8) is 0 Å². The van der Waals surface area contributed by atoms with Gasteiger partial charge in [-0.05, 0) is 31.0 Å². The van der Waals surface area contributed by atoms with Crippen molar-refractivity contribution in [1.29, 1.82) is 0 Å². The predicted molar refractivity (Wildman–Crippen MR) is 53.9 cm³/mol. The summed E-state index contributed by atoms with van der Waals surface area (Å²) in [6.45, 7) is 0. The third kappa shape index (κ3) is 1.49. The van der Waals surface area contributed by atoms with Gasteiger partial charge in [0.05, 0.1) is 12.5 Å². The SMILES string of the molecule is COC(=O)C1(c2cc(F)ccc2F)CCC1. The Kier molecular flexibility index (Phi) is 2.66. The minimum atomic E-state index is -0.971. The largest absolute Gasteiger partial charge is 0.468 e. The van der Waals surface area contributed by atoms with Gasteiger partial charge in [0.1, 0.15) is 11.6 Å². The number of carbonyl (C=O) groups is 1. The first kappa shape index (κ1) is 11.0. The van der Waals surface area contributed by atoms with Gasteiger partial charge in [-0.1, -0.05) is 6.42 Å². The number of benzene rings is 1. The summed E-state index contributed by atoms with van der Waals surface area (Å²) in [5.74, 6) is -1.57. The Hall–Kier alpha value is -1.45. The molecule has 1 aromatic rings. The van der Waals surface area contributed by atoms with Gasteiger partial charge in [-0.2, -0.15) is 0 Å². The maximum absolute atomic E-state index is 13.6. The van der Waals surface area contributed by atoms with Gasteiger partial charge < -0.3 is 4.74 Å². The van der Waals surface area contributed by atoms with E-state index in [9.17, 15) is 13.6 Å². The highest BCUT2D eigenvalue weighted by atomic mass is 19.1. The van der Waals surface area contributed by atoms with Crippen molar-refractivity contribution in [2.45, 2.75) is 24.7 Å². The Morgan fingerprint density at radius 2 is 2.06 bits per heavy atom. The van der Waals surface area contributed by atoms with Crippen LogP contribution < -0.4 is 0 Å². The molecule has 1 aromatic carbocycles. The minimum absolute atomic E-state index is 0.116. The van der Waals surface area contributed by atoms with Crippen molar-refractivity contribution < 1.29 is 18.3 Å². The van der Waals surface area contributed by atoms with Gasteiger partial charge in [-0.3, -0.25) is 4.79 Å². The third-order valence-corrected chi connectivity index (χ3v) is 3.23. The van der Waals surface area contributed by atoms with E-state index in [1.165, 1.54) is 7.11 Å². The topological polar surface area (TPSA) is 26.3 Å². The molecule has 2 nitrogen and oxygen atoms in total. The molecule has 0 saturated heterocycles.